The largest absolute Gasteiger partial charge is 1.00 e. The average molecular weight is 499 g/mol. The molecule has 0 aliphatic carbocycles. The number of aromatic nitrogens is 2. The molecular weight excluding hydrogens is 463 g/mol. The van der Waals surface area contributed by atoms with Crippen LogP contribution in [0.15, 0.2) is 30.6 Å². The van der Waals surface area contributed by atoms with Crippen molar-refractivity contribution in [3.05, 3.63) is 46.4 Å². The zero-order valence-electron chi connectivity index (χ0n) is 21.3. The van der Waals surface area contributed by atoms with Crippen LogP contribution < -0.4 is 39.2 Å². The zero-order valence-corrected chi connectivity index (χ0v) is 24.1. The maximum absolute atomic E-state index is 13.3. The molecule has 1 N–H and O–H groups in total. The Bertz CT molecular complexity index is 1050. The predicted molar refractivity (Wildman–Crippen MR) is 132 cm³/mol. The Morgan fingerprint density at radius 3 is 2.12 bits per heavy atom. The molecule has 11 heteroatoms. The summed E-state index contributed by atoms with van der Waals surface area (Å²) in [6.45, 7) is 9.84. The van der Waals surface area contributed by atoms with Crippen LogP contribution in [0.1, 0.15) is 63.5 Å². The molecule has 182 valence electrons. The van der Waals surface area contributed by atoms with Gasteiger partial charge in [0.25, 0.3) is 10.2 Å². The fourth-order valence-electron chi connectivity index (χ4n) is 3.99. The Hall–Kier alpha value is -1.59. The third kappa shape index (κ3) is 7.21. The molecule has 3 rings (SSSR count). The number of rotatable bonds is 7. The molecule has 1 fully saturated rings. The topological polar surface area (TPSA) is 102 Å². The zero-order chi connectivity index (χ0) is 24.3. The van der Waals surface area contributed by atoms with Crippen molar-refractivity contribution in [3.63, 3.8) is 0 Å². The fourth-order valence-corrected chi connectivity index (χ4v) is 5.29. The maximum atomic E-state index is 13.3. The minimum Gasteiger partial charge on any atom is -0.424 e. The number of urea groups is 1. The van der Waals surface area contributed by atoms with E-state index in [1.807, 2.05) is 19.2 Å². The first kappa shape index (κ1) is 28.6. The number of carbonyl (C=O) groups is 1. The minimum absolute atomic E-state index is 0. The van der Waals surface area contributed by atoms with Crippen molar-refractivity contribution < 1.29 is 42.8 Å². The Kier molecular flexibility index (Phi) is 10.0. The molecule has 0 unspecified atom stereocenters. The summed E-state index contributed by atoms with van der Waals surface area (Å²) in [5, 5.41) is 6.79. The monoisotopic (exact) mass is 498 g/mol. The quantitative estimate of drug-likeness (QED) is 0.582. The second-order valence-corrected chi connectivity index (χ2v) is 10.9. The van der Waals surface area contributed by atoms with Gasteiger partial charge < -0.3 is 14.9 Å². The van der Waals surface area contributed by atoms with E-state index in [2.05, 4.69) is 53.8 Å². The van der Waals surface area contributed by atoms with Crippen LogP contribution in [0.2, 0.25) is 0 Å². The van der Waals surface area contributed by atoms with Crippen molar-refractivity contribution in [2.24, 2.45) is 7.05 Å². The van der Waals surface area contributed by atoms with Crippen LogP contribution in [-0.2, 0) is 17.3 Å². The number of amides is 2. The number of hydrogen-bond donors (Lipinski definition) is 1. The SMILES string of the molecule is CC(C)c1cc(NC(=O)[N-]S(=O)(=O)N(c2cnn(C)c2)C2CCN(C)CC2)cc(C(C)C)c1.[Na+]. The van der Waals surface area contributed by atoms with Crippen molar-refractivity contribution in [1.29, 1.82) is 0 Å². The molecule has 0 radical (unpaired) electrons. The summed E-state index contributed by atoms with van der Waals surface area (Å²) in [7, 11) is -0.546. The minimum atomic E-state index is -4.28. The van der Waals surface area contributed by atoms with Crippen LogP contribution in [0, 0.1) is 0 Å². The molecule has 0 saturated carbocycles. The molecule has 2 amide bonds. The molecule has 1 aliphatic heterocycles. The van der Waals surface area contributed by atoms with Crippen molar-refractivity contribution in [2.45, 2.75) is 58.4 Å². The second-order valence-electron chi connectivity index (χ2n) is 9.40. The third-order valence-corrected chi connectivity index (χ3v) is 7.38. The van der Waals surface area contributed by atoms with Crippen molar-refractivity contribution in [1.82, 2.24) is 14.7 Å². The molecule has 0 bridgehead atoms. The van der Waals surface area contributed by atoms with Gasteiger partial charge in [0.05, 0.1) is 11.9 Å². The number of likely N-dealkylation sites (tertiary alicyclic amines) is 1. The Labute approximate surface area is 225 Å². The van der Waals surface area contributed by atoms with Gasteiger partial charge in [-0.3, -0.25) is 13.8 Å². The Morgan fingerprint density at radius 1 is 1.09 bits per heavy atom. The van der Waals surface area contributed by atoms with Crippen molar-refractivity contribution >= 4 is 27.6 Å². The van der Waals surface area contributed by atoms with Crippen LogP contribution in [0.5, 0.6) is 0 Å². The molecule has 0 atom stereocenters. The normalized spacial score (nSPS) is 15.3. The fraction of sp³-hybridized carbons (Fsp3) is 0.565. The Morgan fingerprint density at radius 2 is 1.65 bits per heavy atom. The molecule has 1 saturated heterocycles. The standard InChI is InChI=1S/C23H36N6O3S.Na/c1-16(2)18-11-19(17(3)4)13-20(12-18)25-23(30)26-33(31,32)29(22-14-24-28(6)15-22)21-7-9-27(5)10-8-21;/h11-17,21H,7-10H2,1-6H3,(H2,25,26,30);/q;+1/p-1. The molecule has 9 nitrogen and oxygen atoms in total. The van der Waals surface area contributed by atoms with E-state index < -0.39 is 16.2 Å². The number of nitrogens with one attached hydrogen (secondary N) is 1. The summed E-state index contributed by atoms with van der Waals surface area (Å²) in [4.78, 5) is 14.9. The van der Waals surface area contributed by atoms with E-state index >= 15 is 0 Å². The van der Waals surface area contributed by atoms with Gasteiger partial charge in [0, 0.05) is 19.3 Å². The number of nitrogens with zero attached hydrogens (tertiary/aromatic N) is 5. The number of piperidine rings is 1. The van der Waals surface area contributed by atoms with E-state index in [4.69, 9.17) is 0 Å². The van der Waals surface area contributed by atoms with Crippen LogP contribution in [0.25, 0.3) is 4.72 Å². The van der Waals surface area contributed by atoms with E-state index in [9.17, 15) is 13.2 Å². The molecule has 1 aliphatic rings. The van der Waals surface area contributed by atoms with E-state index in [1.165, 1.54) is 15.2 Å². The second kappa shape index (κ2) is 11.9. The number of hydrogen-bond acceptors (Lipinski definition) is 5. The smallest absolute Gasteiger partial charge is 0.424 e. The first-order valence-electron chi connectivity index (χ1n) is 11.4. The summed E-state index contributed by atoms with van der Waals surface area (Å²) < 4.78 is 33.1. The van der Waals surface area contributed by atoms with Gasteiger partial charge in [-0.1, -0.05) is 45.9 Å². The van der Waals surface area contributed by atoms with Gasteiger partial charge >= 0.3 is 29.6 Å². The number of aryl methyl sites for hydroxylation is 1. The predicted octanol–water partition coefficient (Wildman–Crippen LogP) is 1.42. The van der Waals surface area contributed by atoms with Gasteiger partial charge in [-0.05, 0) is 61.6 Å². The van der Waals surface area contributed by atoms with Gasteiger partial charge in [0.2, 0.25) is 0 Å². The summed E-state index contributed by atoms with van der Waals surface area (Å²) in [6, 6.07) is 4.65. The van der Waals surface area contributed by atoms with Crippen LogP contribution in [-0.4, -0.2) is 55.3 Å². The average Bonchev–Trinajstić information content (AvgIpc) is 3.14. The summed E-state index contributed by atoms with van der Waals surface area (Å²) in [5.41, 5.74) is 3.10. The Balaban J connectivity index is 0.00000408. The van der Waals surface area contributed by atoms with E-state index in [0.717, 1.165) is 24.2 Å². The first-order chi connectivity index (χ1) is 15.5. The van der Waals surface area contributed by atoms with Gasteiger partial charge in [-0.15, -0.1) is 0 Å². The summed E-state index contributed by atoms with van der Waals surface area (Å²) in [6.07, 6.45) is 4.42. The third-order valence-electron chi connectivity index (χ3n) is 5.97. The molecule has 2 heterocycles. The molecular formula is C23H35N6NaO3S. The summed E-state index contributed by atoms with van der Waals surface area (Å²) in [5.74, 6) is 0.538. The van der Waals surface area contributed by atoms with Crippen molar-refractivity contribution in [2.75, 3.05) is 29.8 Å². The van der Waals surface area contributed by atoms with Gasteiger partial charge in [0.15, 0.2) is 6.03 Å². The van der Waals surface area contributed by atoms with Gasteiger partial charge in [-0.2, -0.15) is 5.10 Å². The molecule has 2 aromatic rings. The van der Waals surface area contributed by atoms with E-state index in [1.54, 1.807) is 13.2 Å². The van der Waals surface area contributed by atoms with Crippen molar-refractivity contribution in [3.8, 4) is 0 Å². The molecule has 1 aromatic heterocycles. The van der Waals surface area contributed by atoms with Crippen LogP contribution >= 0.6 is 0 Å². The molecule has 1 aromatic carbocycles. The van der Waals surface area contributed by atoms with Gasteiger partial charge in [-0.25, -0.2) is 8.42 Å². The van der Waals surface area contributed by atoms with Crippen LogP contribution in [0.3, 0.4) is 0 Å². The molecule has 0 spiro atoms. The van der Waals surface area contributed by atoms with Gasteiger partial charge in [0.1, 0.15) is 0 Å². The first-order valence-corrected chi connectivity index (χ1v) is 12.8. The van der Waals surface area contributed by atoms with E-state index in [-0.39, 0.29) is 47.4 Å². The molecule has 34 heavy (non-hydrogen) atoms. The number of carbonyl (C=O) groups excluding carboxylic acids is 1. The summed E-state index contributed by atoms with van der Waals surface area (Å²) >= 11 is 0. The number of benzene rings is 1. The van der Waals surface area contributed by atoms with E-state index in [0.29, 0.717) is 24.2 Å². The maximum Gasteiger partial charge on any atom is 1.00 e. The van der Waals surface area contributed by atoms with Crippen LogP contribution in [0.4, 0.5) is 16.2 Å². The number of anilines is 2.